The van der Waals surface area contributed by atoms with Crippen molar-refractivity contribution >= 4 is 17.6 Å². The number of benzene rings is 1. The zero-order chi connectivity index (χ0) is 10.8. The molecule has 1 aromatic rings. The van der Waals surface area contributed by atoms with Gasteiger partial charge in [0.1, 0.15) is 0 Å². The number of amides is 3. The zero-order valence-electron chi connectivity index (χ0n) is 7.73. The van der Waals surface area contributed by atoms with Gasteiger partial charge in [-0.05, 0) is 18.2 Å². The quantitative estimate of drug-likeness (QED) is 0.676. The normalized spacial score (nSPS) is 15.0. The third-order valence-corrected chi connectivity index (χ3v) is 2.08. The molecule has 0 atom stereocenters. The molecule has 0 unspecified atom stereocenters. The van der Waals surface area contributed by atoms with Crippen LogP contribution in [0.5, 0.6) is 0 Å². The molecule has 5 heteroatoms. The van der Waals surface area contributed by atoms with E-state index in [1.54, 1.807) is 18.2 Å². The molecule has 1 N–H and O–H groups in total. The second-order valence-electron chi connectivity index (χ2n) is 3.05. The van der Waals surface area contributed by atoms with E-state index >= 15 is 0 Å². The second kappa shape index (κ2) is 3.42. The van der Waals surface area contributed by atoms with E-state index < -0.39 is 6.03 Å². The highest BCUT2D eigenvalue weighted by Crippen LogP contribution is 2.18. The average molecular weight is 201 g/mol. The smallest absolute Gasteiger partial charge is 0.328 e. The molecule has 1 aromatic carbocycles. The number of imide groups is 1. The molecule has 74 valence electrons. The summed E-state index contributed by atoms with van der Waals surface area (Å²) in [6.07, 6.45) is 0. The monoisotopic (exact) mass is 201 g/mol. The van der Waals surface area contributed by atoms with Crippen molar-refractivity contribution in [2.45, 2.75) is 0 Å². The van der Waals surface area contributed by atoms with Crippen molar-refractivity contribution in [3.63, 3.8) is 0 Å². The molecule has 0 spiro atoms. The highest BCUT2D eigenvalue weighted by atomic mass is 16.2. The van der Waals surface area contributed by atoms with Gasteiger partial charge in [-0.3, -0.25) is 4.79 Å². The Morgan fingerprint density at radius 3 is 2.80 bits per heavy atom. The fraction of sp³-hybridized carbons (Fsp3) is 0.100. The summed E-state index contributed by atoms with van der Waals surface area (Å²) in [5.41, 5.74) is 0.842. The van der Waals surface area contributed by atoms with E-state index in [9.17, 15) is 9.59 Å². The maximum absolute atomic E-state index is 11.3. The lowest BCUT2D eigenvalue weighted by atomic mass is 10.2. The van der Waals surface area contributed by atoms with E-state index in [2.05, 4.69) is 5.32 Å². The van der Waals surface area contributed by atoms with Gasteiger partial charge >= 0.3 is 6.03 Å². The van der Waals surface area contributed by atoms with E-state index in [-0.39, 0.29) is 12.5 Å². The number of carbonyl (C=O) groups excluding carboxylic acids is 2. The maximum atomic E-state index is 11.3. The Morgan fingerprint density at radius 2 is 2.20 bits per heavy atom. The summed E-state index contributed by atoms with van der Waals surface area (Å²) in [7, 11) is 0. The van der Waals surface area contributed by atoms with Crippen LogP contribution in [0, 0.1) is 11.3 Å². The van der Waals surface area contributed by atoms with Crippen molar-refractivity contribution < 1.29 is 9.59 Å². The van der Waals surface area contributed by atoms with Gasteiger partial charge in [0.15, 0.2) is 0 Å². The third-order valence-electron chi connectivity index (χ3n) is 2.08. The van der Waals surface area contributed by atoms with E-state index in [0.717, 1.165) is 4.90 Å². The van der Waals surface area contributed by atoms with Crippen LogP contribution in [-0.4, -0.2) is 18.5 Å². The van der Waals surface area contributed by atoms with Gasteiger partial charge < -0.3 is 5.32 Å². The SMILES string of the molecule is N#Cc1cccc(N2C(=O)CNC2=O)c1. The van der Waals surface area contributed by atoms with E-state index in [4.69, 9.17) is 5.26 Å². The van der Waals surface area contributed by atoms with E-state index in [0.29, 0.717) is 11.3 Å². The molecule has 1 fully saturated rings. The summed E-state index contributed by atoms with van der Waals surface area (Å²) in [6.45, 7) is 0.00954. The molecule has 0 saturated carbocycles. The van der Waals surface area contributed by atoms with E-state index in [1.807, 2.05) is 6.07 Å². The van der Waals surface area contributed by atoms with Gasteiger partial charge in [0, 0.05) is 0 Å². The Kier molecular flexibility index (Phi) is 2.10. The number of carbonyl (C=O) groups is 2. The molecule has 1 aliphatic rings. The van der Waals surface area contributed by atoms with E-state index in [1.165, 1.54) is 6.07 Å². The molecule has 0 aromatic heterocycles. The molecule has 0 bridgehead atoms. The number of rotatable bonds is 1. The molecule has 1 aliphatic heterocycles. The van der Waals surface area contributed by atoms with Crippen LogP contribution >= 0.6 is 0 Å². The molecular formula is C10H7N3O2. The average Bonchev–Trinajstić information content (AvgIpc) is 2.59. The summed E-state index contributed by atoms with van der Waals surface area (Å²) in [5, 5.41) is 11.1. The van der Waals surface area contributed by atoms with Crippen LogP contribution in [0.4, 0.5) is 10.5 Å². The number of nitrogens with one attached hydrogen (secondary N) is 1. The lowest BCUT2D eigenvalue weighted by molar-refractivity contribution is -0.115. The molecule has 3 amide bonds. The fourth-order valence-corrected chi connectivity index (χ4v) is 1.40. The van der Waals surface area contributed by atoms with Crippen molar-refractivity contribution in [2.24, 2.45) is 0 Å². The fourth-order valence-electron chi connectivity index (χ4n) is 1.40. The standard InChI is InChI=1S/C10H7N3O2/c11-5-7-2-1-3-8(4-7)13-9(14)6-12-10(13)15/h1-4H,6H2,(H,12,15). The molecule has 15 heavy (non-hydrogen) atoms. The van der Waals surface area contributed by atoms with Crippen LogP contribution in [0.1, 0.15) is 5.56 Å². The minimum atomic E-state index is -0.449. The first kappa shape index (κ1) is 9.21. The first-order valence-corrected chi connectivity index (χ1v) is 4.33. The van der Waals surface area contributed by atoms with Gasteiger partial charge in [0.05, 0.1) is 23.9 Å². The third kappa shape index (κ3) is 1.53. The first-order valence-electron chi connectivity index (χ1n) is 4.33. The minimum Gasteiger partial charge on any atom is -0.328 e. The molecule has 2 rings (SSSR count). The predicted molar refractivity (Wildman–Crippen MR) is 52.0 cm³/mol. The van der Waals surface area contributed by atoms with Gasteiger partial charge in [-0.25, -0.2) is 9.69 Å². The van der Waals surface area contributed by atoms with Crippen molar-refractivity contribution in [2.75, 3.05) is 11.4 Å². The predicted octanol–water partition coefficient (Wildman–Crippen LogP) is 0.614. The van der Waals surface area contributed by atoms with Crippen LogP contribution in [0.25, 0.3) is 0 Å². The number of nitriles is 1. The minimum absolute atomic E-state index is 0.00954. The Bertz CT molecular complexity index is 460. The summed E-state index contributed by atoms with van der Waals surface area (Å²) < 4.78 is 0. The van der Waals surface area contributed by atoms with Gasteiger partial charge in [-0.15, -0.1) is 0 Å². The van der Waals surface area contributed by atoms with Gasteiger partial charge in [-0.1, -0.05) is 6.07 Å². The molecular weight excluding hydrogens is 194 g/mol. The molecule has 1 heterocycles. The Balaban J connectivity index is 2.41. The first-order chi connectivity index (χ1) is 7.22. The Hall–Kier alpha value is -2.35. The van der Waals surface area contributed by atoms with Gasteiger partial charge in [-0.2, -0.15) is 5.26 Å². The number of nitrogens with zero attached hydrogens (tertiary/aromatic N) is 2. The largest absolute Gasteiger partial charge is 0.329 e. The molecule has 0 radical (unpaired) electrons. The van der Waals surface area contributed by atoms with Crippen LogP contribution in [0.15, 0.2) is 24.3 Å². The number of urea groups is 1. The number of hydrogen-bond donors (Lipinski definition) is 1. The van der Waals surface area contributed by atoms with Crippen LogP contribution in [0.3, 0.4) is 0 Å². The van der Waals surface area contributed by atoms with Crippen LogP contribution in [0.2, 0.25) is 0 Å². The van der Waals surface area contributed by atoms with Crippen molar-refractivity contribution in [3.05, 3.63) is 29.8 Å². The molecule has 5 nitrogen and oxygen atoms in total. The van der Waals surface area contributed by atoms with Gasteiger partial charge in [0.2, 0.25) is 0 Å². The zero-order valence-corrected chi connectivity index (χ0v) is 7.73. The number of hydrogen-bond acceptors (Lipinski definition) is 3. The number of anilines is 1. The lowest BCUT2D eigenvalue weighted by Gasteiger charge is -2.11. The maximum Gasteiger partial charge on any atom is 0.329 e. The second-order valence-corrected chi connectivity index (χ2v) is 3.05. The van der Waals surface area contributed by atoms with Crippen molar-refractivity contribution in [1.82, 2.24) is 5.32 Å². The van der Waals surface area contributed by atoms with Gasteiger partial charge in [0.25, 0.3) is 5.91 Å². The summed E-state index contributed by atoms with van der Waals surface area (Å²) in [4.78, 5) is 23.7. The Morgan fingerprint density at radius 1 is 1.40 bits per heavy atom. The molecule has 1 saturated heterocycles. The summed E-state index contributed by atoms with van der Waals surface area (Å²) in [5.74, 6) is -0.310. The highest BCUT2D eigenvalue weighted by molar-refractivity contribution is 6.19. The van der Waals surface area contributed by atoms with Crippen molar-refractivity contribution in [3.8, 4) is 6.07 Å². The Labute approximate surface area is 85.9 Å². The summed E-state index contributed by atoms with van der Waals surface area (Å²) in [6, 6.07) is 7.86. The highest BCUT2D eigenvalue weighted by Gasteiger charge is 2.29. The van der Waals surface area contributed by atoms with Crippen LogP contribution in [-0.2, 0) is 4.79 Å². The molecule has 0 aliphatic carbocycles. The topological polar surface area (TPSA) is 73.2 Å². The lowest BCUT2D eigenvalue weighted by Crippen LogP contribution is -2.30. The summed E-state index contributed by atoms with van der Waals surface area (Å²) >= 11 is 0. The van der Waals surface area contributed by atoms with Crippen LogP contribution < -0.4 is 10.2 Å². The van der Waals surface area contributed by atoms with Crippen molar-refractivity contribution in [1.29, 1.82) is 5.26 Å².